The molecular formula is C20H17N5O4. The van der Waals surface area contributed by atoms with Gasteiger partial charge in [0, 0.05) is 29.0 Å². The number of aliphatic imine (C=N–C) groups is 1. The van der Waals surface area contributed by atoms with E-state index in [0.29, 0.717) is 34.4 Å². The first-order valence-corrected chi connectivity index (χ1v) is 8.86. The number of carbonyl (C=O) groups is 1. The standard InChI is InChI=1S/C20H17N5O4/c1-11-4-5-14(15-7-9-27-24-15)13(3)18(11)20(26)22-12(2)10-17-23-19(25-29-17)16-6-8-21-28-16/h4-9H,10H2,1-3H3. The van der Waals surface area contributed by atoms with Gasteiger partial charge in [0.1, 0.15) is 12.0 Å². The van der Waals surface area contributed by atoms with Crippen LogP contribution in [0.25, 0.3) is 22.8 Å². The summed E-state index contributed by atoms with van der Waals surface area (Å²) in [6.45, 7) is 5.48. The number of amides is 1. The number of carbonyl (C=O) groups excluding carboxylic acids is 1. The van der Waals surface area contributed by atoms with Gasteiger partial charge in [-0.15, -0.1) is 0 Å². The number of benzene rings is 1. The first kappa shape index (κ1) is 18.5. The van der Waals surface area contributed by atoms with Crippen LogP contribution in [-0.2, 0) is 6.42 Å². The van der Waals surface area contributed by atoms with E-state index in [2.05, 4.69) is 25.4 Å². The van der Waals surface area contributed by atoms with Crippen LogP contribution in [-0.4, -0.2) is 32.1 Å². The van der Waals surface area contributed by atoms with Crippen molar-refractivity contribution in [2.45, 2.75) is 27.2 Å². The minimum atomic E-state index is -0.335. The van der Waals surface area contributed by atoms with Crippen LogP contribution in [0.5, 0.6) is 0 Å². The number of nitrogens with zero attached hydrogens (tertiary/aromatic N) is 5. The molecule has 3 heterocycles. The molecule has 4 rings (SSSR count). The second-order valence-electron chi connectivity index (χ2n) is 6.53. The molecule has 0 fully saturated rings. The summed E-state index contributed by atoms with van der Waals surface area (Å²) >= 11 is 0. The molecule has 0 unspecified atom stereocenters. The van der Waals surface area contributed by atoms with Gasteiger partial charge in [-0.3, -0.25) is 4.79 Å². The van der Waals surface area contributed by atoms with Gasteiger partial charge in [0.05, 0.1) is 12.6 Å². The fourth-order valence-electron chi connectivity index (χ4n) is 3.05. The van der Waals surface area contributed by atoms with Crippen LogP contribution in [0.1, 0.15) is 34.3 Å². The lowest BCUT2D eigenvalue weighted by molar-refractivity contribution is 0.100. The minimum absolute atomic E-state index is 0.244. The predicted octanol–water partition coefficient (Wildman–Crippen LogP) is 3.84. The quantitative estimate of drug-likeness (QED) is 0.471. The third-order valence-electron chi connectivity index (χ3n) is 4.43. The van der Waals surface area contributed by atoms with E-state index in [1.54, 1.807) is 19.1 Å². The molecule has 0 aliphatic carbocycles. The van der Waals surface area contributed by atoms with Gasteiger partial charge in [-0.25, -0.2) is 4.99 Å². The average molecular weight is 391 g/mol. The average Bonchev–Trinajstić information content (AvgIpc) is 3.44. The van der Waals surface area contributed by atoms with Gasteiger partial charge in [0.15, 0.2) is 0 Å². The predicted molar refractivity (Wildman–Crippen MR) is 102 cm³/mol. The Morgan fingerprint density at radius 3 is 2.69 bits per heavy atom. The highest BCUT2D eigenvalue weighted by Crippen LogP contribution is 2.27. The summed E-state index contributed by atoms with van der Waals surface area (Å²) in [7, 11) is 0. The maximum atomic E-state index is 12.9. The Morgan fingerprint density at radius 1 is 1.10 bits per heavy atom. The van der Waals surface area contributed by atoms with Gasteiger partial charge in [-0.05, 0) is 31.9 Å². The zero-order valence-corrected chi connectivity index (χ0v) is 16.0. The van der Waals surface area contributed by atoms with Crippen LogP contribution >= 0.6 is 0 Å². The largest absolute Gasteiger partial charge is 0.364 e. The Kier molecular flexibility index (Phi) is 4.86. The highest BCUT2D eigenvalue weighted by Gasteiger charge is 2.18. The summed E-state index contributed by atoms with van der Waals surface area (Å²) in [5, 5.41) is 11.4. The van der Waals surface area contributed by atoms with Crippen molar-refractivity contribution in [2.75, 3.05) is 0 Å². The number of rotatable bonds is 5. The van der Waals surface area contributed by atoms with Gasteiger partial charge in [0.25, 0.3) is 5.91 Å². The summed E-state index contributed by atoms with van der Waals surface area (Å²) in [4.78, 5) is 21.3. The van der Waals surface area contributed by atoms with Crippen LogP contribution in [0, 0.1) is 13.8 Å². The van der Waals surface area contributed by atoms with Gasteiger partial charge in [0.2, 0.25) is 17.5 Å². The number of aryl methyl sites for hydroxylation is 1. The molecule has 29 heavy (non-hydrogen) atoms. The molecule has 0 N–H and O–H groups in total. The minimum Gasteiger partial charge on any atom is -0.364 e. The third kappa shape index (κ3) is 3.75. The molecule has 1 aromatic carbocycles. The lowest BCUT2D eigenvalue weighted by atomic mass is 9.95. The fraction of sp³-hybridized carbons (Fsp3) is 0.200. The molecule has 9 heteroatoms. The summed E-state index contributed by atoms with van der Waals surface area (Å²) in [6.07, 6.45) is 3.23. The Hall–Kier alpha value is -3.88. The van der Waals surface area contributed by atoms with E-state index >= 15 is 0 Å². The van der Waals surface area contributed by atoms with E-state index in [1.165, 1.54) is 12.5 Å². The van der Waals surface area contributed by atoms with E-state index < -0.39 is 0 Å². The maximum absolute atomic E-state index is 12.9. The Labute approximate surface area is 165 Å². The summed E-state index contributed by atoms with van der Waals surface area (Å²) in [6, 6.07) is 7.17. The van der Waals surface area contributed by atoms with E-state index in [1.807, 2.05) is 26.0 Å². The first-order chi connectivity index (χ1) is 14.0. The monoisotopic (exact) mass is 391 g/mol. The van der Waals surface area contributed by atoms with Crippen LogP contribution < -0.4 is 0 Å². The van der Waals surface area contributed by atoms with Crippen molar-refractivity contribution >= 4 is 11.6 Å². The molecule has 4 aromatic rings. The topological polar surface area (TPSA) is 120 Å². The van der Waals surface area contributed by atoms with Crippen LogP contribution in [0.4, 0.5) is 0 Å². The lowest BCUT2D eigenvalue weighted by Gasteiger charge is -2.10. The summed E-state index contributed by atoms with van der Waals surface area (Å²) in [5.74, 6) is 0.693. The molecule has 0 saturated heterocycles. The van der Waals surface area contributed by atoms with Crippen LogP contribution in [0.3, 0.4) is 0 Å². The Balaban J connectivity index is 1.57. The van der Waals surface area contributed by atoms with Crippen molar-refractivity contribution < 1.29 is 18.4 Å². The Bertz CT molecular complexity index is 1170. The molecular weight excluding hydrogens is 374 g/mol. The van der Waals surface area contributed by atoms with Crippen molar-refractivity contribution in [3.05, 3.63) is 59.3 Å². The fourth-order valence-corrected chi connectivity index (χ4v) is 3.05. The zero-order chi connectivity index (χ0) is 20.4. The first-order valence-electron chi connectivity index (χ1n) is 8.86. The van der Waals surface area contributed by atoms with E-state index in [0.717, 1.165) is 16.7 Å². The molecule has 9 nitrogen and oxygen atoms in total. The molecule has 3 aromatic heterocycles. The van der Waals surface area contributed by atoms with Crippen molar-refractivity contribution in [1.82, 2.24) is 20.5 Å². The van der Waals surface area contributed by atoms with Gasteiger partial charge < -0.3 is 13.6 Å². The van der Waals surface area contributed by atoms with E-state index in [4.69, 9.17) is 13.6 Å². The van der Waals surface area contributed by atoms with Crippen molar-refractivity contribution in [3.63, 3.8) is 0 Å². The zero-order valence-electron chi connectivity index (χ0n) is 16.0. The highest BCUT2D eigenvalue weighted by atomic mass is 16.5. The smallest absolute Gasteiger partial charge is 0.277 e. The molecule has 1 amide bonds. The Morgan fingerprint density at radius 2 is 1.97 bits per heavy atom. The number of hydrogen-bond acceptors (Lipinski definition) is 8. The summed E-state index contributed by atoms with van der Waals surface area (Å²) in [5.41, 5.74) is 4.22. The van der Waals surface area contributed by atoms with Crippen LogP contribution in [0.2, 0.25) is 0 Å². The molecule has 0 aliphatic heterocycles. The molecule has 0 aliphatic rings. The van der Waals surface area contributed by atoms with Gasteiger partial charge in [-0.2, -0.15) is 4.98 Å². The van der Waals surface area contributed by atoms with Crippen molar-refractivity contribution in [3.8, 4) is 22.8 Å². The highest BCUT2D eigenvalue weighted by molar-refractivity contribution is 6.06. The normalized spacial score (nSPS) is 11.8. The summed E-state index contributed by atoms with van der Waals surface area (Å²) < 4.78 is 15.1. The second-order valence-corrected chi connectivity index (χ2v) is 6.53. The molecule has 0 spiro atoms. The van der Waals surface area contributed by atoms with Gasteiger partial charge in [-0.1, -0.05) is 27.6 Å². The molecule has 0 radical (unpaired) electrons. The third-order valence-corrected chi connectivity index (χ3v) is 4.43. The van der Waals surface area contributed by atoms with Crippen LogP contribution in [0.15, 0.2) is 55.3 Å². The maximum Gasteiger partial charge on any atom is 0.277 e. The molecule has 0 bridgehead atoms. The molecule has 0 atom stereocenters. The molecule has 146 valence electrons. The van der Waals surface area contributed by atoms with Crippen molar-refractivity contribution in [2.24, 2.45) is 4.99 Å². The SMILES string of the molecule is CC(Cc1nc(-c2ccno2)no1)=NC(=O)c1c(C)ccc(-c2ccon2)c1C. The van der Waals surface area contributed by atoms with Gasteiger partial charge >= 0.3 is 0 Å². The lowest BCUT2D eigenvalue weighted by Crippen LogP contribution is -2.08. The number of hydrogen-bond donors (Lipinski definition) is 0. The second kappa shape index (κ2) is 7.63. The van der Waals surface area contributed by atoms with E-state index in [-0.39, 0.29) is 12.3 Å². The van der Waals surface area contributed by atoms with Crippen molar-refractivity contribution in [1.29, 1.82) is 0 Å². The molecule has 0 saturated carbocycles. The number of aromatic nitrogens is 4. The van der Waals surface area contributed by atoms with E-state index in [9.17, 15) is 4.79 Å².